The molecule has 0 spiro atoms. The number of carbonyl (C=O) groups is 2. The molecule has 0 radical (unpaired) electrons. The van der Waals surface area contributed by atoms with Gasteiger partial charge < -0.3 is 20.1 Å². The van der Waals surface area contributed by atoms with E-state index in [4.69, 9.17) is 9.84 Å². The number of ether oxygens (including phenoxy) is 1. The van der Waals surface area contributed by atoms with Crippen LogP contribution < -0.4 is 5.32 Å². The van der Waals surface area contributed by atoms with Gasteiger partial charge in [0.25, 0.3) is 0 Å². The molecule has 1 saturated heterocycles. The van der Waals surface area contributed by atoms with Crippen LogP contribution in [0.25, 0.3) is 0 Å². The summed E-state index contributed by atoms with van der Waals surface area (Å²) in [7, 11) is 0. The number of benzene rings is 1. The smallest absolute Gasteiger partial charge is 0.409 e. The molecule has 1 fully saturated rings. The fourth-order valence-corrected chi connectivity index (χ4v) is 2.44. The Kier molecular flexibility index (Phi) is 5.03. The molecule has 2 rings (SSSR count). The number of rotatable bonds is 4. The minimum Gasteiger partial charge on any atom is -0.478 e. The highest BCUT2D eigenvalue weighted by atomic mass is 16.6. The molecule has 0 aromatic heterocycles. The van der Waals surface area contributed by atoms with E-state index in [0.29, 0.717) is 25.4 Å². The summed E-state index contributed by atoms with van der Waals surface area (Å²) >= 11 is 0. The number of anilines is 1. The van der Waals surface area contributed by atoms with Crippen molar-refractivity contribution in [1.29, 1.82) is 0 Å². The minimum absolute atomic E-state index is 0.163. The van der Waals surface area contributed by atoms with Crippen LogP contribution in [-0.4, -0.2) is 47.8 Å². The van der Waals surface area contributed by atoms with Gasteiger partial charge in [-0.2, -0.15) is 0 Å². The molecule has 1 heterocycles. The van der Waals surface area contributed by atoms with Gasteiger partial charge in [-0.1, -0.05) is 12.1 Å². The second kappa shape index (κ2) is 6.97. The number of aromatic carboxylic acids is 1. The fourth-order valence-electron chi connectivity index (χ4n) is 2.44. The van der Waals surface area contributed by atoms with Crippen LogP contribution in [0.2, 0.25) is 0 Å². The number of likely N-dealkylation sites (tertiary alicyclic amines) is 1. The number of hydrogen-bond donors (Lipinski definition) is 2. The summed E-state index contributed by atoms with van der Waals surface area (Å²) in [4.78, 5) is 24.5. The van der Waals surface area contributed by atoms with Crippen LogP contribution in [0, 0.1) is 0 Å². The third kappa shape index (κ3) is 3.87. The number of piperidine rings is 1. The predicted molar refractivity (Wildman–Crippen MR) is 78.6 cm³/mol. The lowest BCUT2D eigenvalue weighted by atomic mass is 10.0. The lowest BCUT2D eigenvalue weighted by molar-refractivity contribution is 0.0698. The zero-order chi connectivity index (χ0) is 15.2. The summed E-state index contributed by atoms with van der Waals surface area (Å²) in [6.45, 7) is 3.40. The molecular formula is C15H20N2O4. The molecule has 114 valence electrons. The van der Waals surface area contributed by atoms with Gasteiger partial charge in [-0.05, 0) is 31.9 Å². The van der Waals surface area contributed by atoms with Crippen molar-refractivity contribution in [3.05, 3.63) is 29.8 Å². The van der Waals surface area contributed by atoms with Crippen molar-refractivity contribution < 1.29 is 19.4 Å². The molecule has 0 unspecified atom stereocenters. The van der Waals surface area contributed by atoms with Crippen LogP contribution in [-0.2, 0) is 4.74 Å². The molecule has 1 amide bonds. The Balaban J connectivity index is 1.92. The lowest BCUT2D eigenvalue weighted by Crippen LogP contribution is -2.42. The van der Waals surface area contributed by atoms with Gasteiger partial charge >= 0.3 is 12.1 Å². The van der Waals surface area contributed by atoms with Crippen molar-refractivity contribution in [1.82, 2.24) is 4.90 Å². The molecule has 0 saturated carbocycles. The topological polar surface area (TPSA) is 78.9 Å². The Labute approximate surface area is 123 Å². The Morgan fingerprint density at radius 1 is 1.33 bits per heavy atom. The van der Waals surface area contributed by atoms with Gasteiger partial charge in [-0.3, -0.25) is 0 Å². The summed E-state index contributed by atoms with van der Waals surface area (Å²) in [6, 6.07) is 7.02. The molecule has 0 bridgehead atoms. The van der Waals surface area contributed by atoms with Crippen molar-refractivity contribution >= 4 is 17.7 Å². The average Bonchev–Trinajstić information content (AvgIpc) is 2.48. The largest absolute Gasteiger partial charge is 0.478 e. The van der Waals surface area contributed by atoms with E-state index in [-0.39, 0.29) is 17.7 Å². The summed E-state index contributed by atoms with van der Waals surface area (Å²) in [5.74, 6) is -0.943. The zero-order valence-corrected chi connectivity index (χ0v) is 12.0. The fraction of sp³-hybridized carbons (Fsp3) is 0.467. The second-order valence-electron chi connectivity index (χ2n) is 4.96. The van der Waals surface area contributed by atoms with Gasteiger partial charge in [0.15, 0.2) is 0 Å². The SMILES string of the molecule is CCOC(=O)N1CCC(Nc2ccccc2C(=O)O)CC1. The number of carbonyl (C=O) groups excluding carboxylic acids is 1. The van der Waals surface area contributed by atoms with Crippen LogP contribution in [0.3, 0.4) is 0 Å². The predicted octanol–water partition coefficient (Wildman–Crippen LogP) is 2.42. The first-order chi connectivity index (χ1) is 10.1. The molecule has 1 aliphatic rings. The van der Waals surface area contributed by atoms with E-state index in [1.807, 2.05) is 6.07 Å². The van der Waals surface area contributed by atoms with Crippen molar-refractivity contribution in [3.63, 3.8) is 0 Å². The van der Waals surface area contributed by atoms with Crippen molar-refractivity contribution in [3.8, 4) is 0 Å². The molecule has 21 heavy (non-hydrogen) atoms. The van der Waals surface area contributed by atoms with Crippen molar-refractivity contribution in [2.45, 2.75) is 25.8 Å². The molecule has 6 nitrogen and oxygen atoms in total. The first-order valence-electron chi connectivity index (χ1n) is 7.12. The van der Waals surface area contributed by atoms with Crippen LogP contribution in [0.15, 0.2) is 24.3 Å². The van der Waals surface area contributed by atoms with Gasteiger partial charge in [0, 0.05) is 24.8 Å². The Bertz CT molecular complexity index is 510. The zero-order valence-electron chi connectivity index (χ0n) is 12.0. The average molecular weight is 292 g/mol. The van der Waals surface area contributed by atoms with Crippen LogP contribution in [0.1, 0.15) is 30.1 Å². The number of carboxylic acid groups (broad SMARTS) is 1. The van der Waals surface area contributed by atoms with E-state index in [1.165, 1.54) is 0 Å². The number of amides is 1. The van der Waals surface area contributed by atoms with E-state index in [0.717, 1.165) is 12.8 Å². The quantitative estimate of drug-likeness (QED) is 0.891. The molecule has 1 aromatic carbocycles. The number of nitrogens with zero attached hydrogens (tertiary/aromatic N) is 1. The number of para-hydroxylation sites is 1. The molecule has 6 heteroatoms. The van der Waals surface area contributed by atoms with Crippen LogP contribution in [0.4, 0.5) is 10.5 Å². The van der Waals surface area contributed by atoms with Crippen molar-refractivity contribution in [2.24, 2.45) is 0 Å². The van der Waals surface area contributed by atoms with E-state index in [9.17, 15) is 9.59 Å². The van der Waals surface area contributed by atoms with Gasteiger partial charge in [-0.25, -0.2) is 9.59 Å². The third-order valence-corrected chi connectivity index (χ3v) is 3.54. The van der Waals surface area contributed by atoms with Crippen molar-refractivity contribution in [2.75, 3.05) is 25.0 Å². The summed E-state index contributed by atoms with van der Waals surface area (Å²) in [6.07, 6.45) is 1.27. The molecule has 1 aliphatic heterocycles. The highest BCUT2D eigenvalue weighted by Gasteiger charge is 2.24. The first kappa shape index (κ1) is 15.2. The van der Waals surface area contributed by atoms with E-state index >= 15 is 0 Å². The normalized spacial score (nSPS) is 15.6. The second-order valence-corrected chi connectivity index (χ2v) is 4.96. The number of nitrogens with one attached hydrogen (secondary N) is 1. The monoisotopic (exact) mass is 292 g/mol. The number of hydrogen-bond acceptors (Lipinski definition) is 4. The van der Waals surface area contributed by atoms with Gasteiger partial charge in [0.1, 0.15) is 0 Å². The van der Waals surface area contributed by atoms with E-state index in [1.54, 1.807) is 30.0 Å². The van der Waals surface area contributed by atoms with Crippen LogP contribution >= 0.6 is 0 Å². The van der Waals surface area contributed by atoms with Gasteiger partial charge in [-0.15, -0.1) is 0 Å². The Hall–Kier alpha value is -2.24. The highest BCUT2D eigenvalue weighted by molar-refractivity contribution is 5.94. The Morgan fingerprint density at radius 2 is 2.00 bits per heavy atom. The molecule has 0 aliphatic carbocycles. The molecular weight excluding hydrogens is 272 g/mol. The van der Waals surface area contributed by atoms with Gasteiger partial charge in [0.05, 0.1) is 12.2 Å². The maximum Gasteiger partial charge on any atom is 0.409 e. The summed E-state index contributed by atoms with van der Waals surface area (Å²) < 4.78 is 4.97. The van der Waals surface area contributed by atoms with Gasteiger partial charge in [0.2, 0.25) is 0 Å². The molecule has 0 atom stereocenters. The minimum atomic E-state index is -0.943. The summed E-state index contributed by atoms with van der Waals surface area (Å²) in [5.41, 5.74) is 0.893. The summed E-state index contributed by atoms with van der Waals surface area (Å²) in [5, 5.41) is 12.4. The Morgan fingerprint density at radius 3 is 2.62 bits per heavy atom. The first-order valence-corrected chi connectivity index (χ1v) is 7.12. The number of carboxylic acids is 1. The molecule has 2 N–H and O–H groups in total. The lowest BCUT2D eigenvalue weighted by Gasteiger charge is -2.32. The van der Waals surface area contributed by atoms with Crippen LogP contribution in [0.5, 0.6) is 0 Å². The highest BCUT2D eigenvalue weighted by Crippen LogP contribution is 2.20. The van der Waals surface area contributed by atoms with E-state index < -0.39 is 5.97 Å². The maximum absolute atomic E-state index is 11.6. The third-order valence-electron chi connectivity index (χ3n) is 3.54. The maximum atomic E-state index is 11.6. The van der Waals surface area contributed by atoms with E-state index in [2.05, 4.69) is 5.32 Å². The molecule has 1 aromatic rings. The standard InChI is InChI=1S/C15H20N2O4/c1-2-21-15(20)17-9-7-11(8-10-17)16-13-6-4-3-5-12(13)14(18)19/h3-6,11,16H,2,7-10H2,1H3,(H,18,19).